The molecule has 1 aliphatic heterocycles. The summed E-state index contributed by atoms with van der Waals surface area (Å²) in [6.07, 6.45) is 12.3. The second kappa shape index (κ2) is 12.6. The quantitative estimate of drug-likeness (QED) is 0.377. The molecule has 0 aromatic carbocycles. The van der Waals surface area contributed by atoms with Gasteiger partial charge in [-0.1, -0.05) is 88.5 Å². The minimum absolute atomic E-state index is 0.0104. The number of carbonyl (C=O) groups excluding carboxylic acids is 2. The number of rotatable bonds is 5. The number of piperidine rings is 1. The molecule has 0 N–H and O–H groups in total. The predicted molar refractivity (Wildman–Crippen MR) is 153 cm³/mol. The molecule has 3 aliphatic carbocycles. The highest BCUT2D eigenvalue weighted by Crippen LogP contribution is 2.66. The molecule has 0 bridgehead atoms. The number of nitrogens with zero attached hydrogens (tertiary/aromatic N) is 1. The average Bonchev–Trinajstić information content (AvgIpc) is 3.16. The topological polar surface area (TPSA) is 37.4 Å². The van der Waals surface area contributed by atoms with Crippen LogP contribution in [0.2, 0.25) is 0 Å². The lowest BCUT2D eigenvalue weighted by molar-refractivity contribution is -0.142. The van der Waals surface area contributed by atoms with Crippen LogP contribution in [0.15, 0.2) is 11.8 Å². The van der Waals surface area contributed by atoms with Crippen molar-refractivity contribution < 1.29 is 9.59 Å². The summed E-state index contributed by atoms with van der Waals surface area (Å²) in [5.41, 5.74) is 1.31. The number of ketones is 1. The van der Waals surface area contributed by atoms with Crippen molar-refractivity contribution in [2.75, 3.05) is 7.05 Å². The molecule has 0 radical (unpaired) electrons. The third kappa shape index (κ3) is 6.12. The molecule has 1 heterocycles. The third-order valence-corrected chi connectivity index (χ3v) is 10.1. The Morgan fingerprint density at radius 1 is 0.917 bits per heavy atom. The Balaban J connectivity index is 0.000000694. The van der Waals surface area contributed by atoms with Crippen molar-refractivity contribution in [1.29, 1.82) is 0 Å². The summed E-state index contributed by atoms with van der Waals surface area (Å²) in [4.78, 5) is 27.6. The van der Waals surface area contributed by atoms with Crippen LogP contribution in [0.25, 0.3) is 0 Å². The van der Waals surface area contributed by atoms with Crippen LogP contribution in [-0.4, -0.2) is 23.6 Å². The summed E-state index contributed by atoms with van der Waals surface area (Å²) in [5, 5.41) is 0. The molecule has 4 rings (SSSR count). The van der Waals surface area contributed by atoms with Gasteiger partial charge in [-0.05, 0) is 73.0 Å². The van der Waals surface area contributed by atoms with Crippen molar-refractivity contribution in [2.24, 2.45) is 52.3 Å². The molecule has 208 valence electrons. The first-order valence-electron chi connectivity index (χ1n) is 15.4. The summed E-state index contributed by atoms with van der Waals surface area (Å²) >= 11 is 0. The SMILES string of the molecule is CC.CC(C)C.CC(C)CCCC(C)C1CCC2C3C(=O)C=C4N(C)C(=O)CC[C@]4(C)C3CC[C@]12C. The second-order valence-corrected chi connectivity index (χ2v) is 13.8. The van der Waals surface area contributed by atoms with Crippen LogP contribution in [0.1, 0.15) is 127 Å². The van der Waals surface area contributed by atoms with Gasteiger partial charge in [0, 0.05) is 36.6 Å². The zero-order valence-corrected chi connectivity index (χ0v) is 25.7. The zero-order valence-electron chi connectivity index (χ0n) is 25.7. The van der Waals surface area contributed by atoms with Crippen LogP contribution in [0, 0.1) is 52.3 Å². The van der Waals surface area contributed by atoms with E-state index in [1.807, 2.05) is 27.0 Å². The fourth-order valence-electron chi connectivity index (χ4n) is 8.32. The fourth-order valence-corrected chi connectivity index (χ4v) is 8.32. The molecule has 3 nitrogen and oxygen atoms in total. The Morgan fingerprint density at radius 2 is 1.53 bits per heavy atom. The van der Waals surface area contributed by atoms with E-state index in [4.69, 9.17) is 0 Å². The van der Waals surface area contributed by atoms with E-state index in [0.29, 0.717) is 29.5 Å². The standard InChI is InChI=1S/C27H43NO2.C4H10.C2H6/c1-17(2)8-7-9-18(3)19-10-11-20-25-21(12-14-26(19,20)4)27(5)15-13-24(30)28(6)23(27)16-22(25)29;1-4(2)3;1-2/h16-21,25H,7-15H2,1-6H3;4H,1-3H3;1-2H3/t18?,19?,20?,21?,25?,26-,27-;;/m1../s1. The van der Waals surface area contributed by atoms with Gasteiger partial charge in [0.05, 0.1) is 0 Å². The Bertz CT molecular complexity index is 780. The molecule has 7 atom stereocenters. The minimum atomic E-state index is -0.0104. The van der Waals surface area contributed by atoms with E-state index < -0.39 is 0 Å². The average molecular weight is 502 g/mol. The fraction of sp³-hybridized carbons (Fsp3) is 0.879. The molecule has 0 spiro atoms. The van der Waals surface area contributed by atoms with Crippen molar-refractivity contribution in [3.05, 3.63) is 11.8 Å². The monoisotopic (exact) mass is 501 g/mol. The molecule has 2 saturated carbocycles. The van der Waals surface area contributed by atoms with E-state index in [1.165, 1.54) is 38.5 Å². The highest BCUT2D eigenvalue weighted by atomic mass is 16.2. The van der Waals surface area contributed by atoms with Crippen LogP contribution in [0.5, 0.6) is 0 Å². The van der Waals surface area contributed by atoms with Gasteiger partial charge in [-0.2, -0.15) is 0 Å². The van der Waals surface area contributed by atoms with Gasteiger partial charge in [0.2, 0.25) is 5.91 Å². The Hall–Kier alpha value is -1.12. The number of amides is 1. The predicted octanol–water partition coefficient (Wildman–Crippen LogP) is 8.92. The molecule has 3 fully saturated rings. The van der Waals surface area contributed by atoms with E-state index in [-0.39, 0.29) is 17.2 Å². The second-order valence-electron chi connectivity index (χ2n) is 13.8. The molecular formula is C33H59NO2. The maximum absolute atomic E-state index is 13.5. The van der Waals surface area contributed by atoms with Gasteiger partial charge in [-0.25, -0.2) is 0 Å². The largest absolute Gasteiger partial charge is 0.319 e. The first-order chi connectivity index (χ1) is 16.8. The van der Waals surface area contributed by atoms with Gasteiger partial charge in [0.25, 0.3) is 0 Å². The van der Waals surface area contributed by atoms with E-state index >= 15 is 0 Å². The highest BCUT2D eigenvalue weighted by Gasteiger charge is 2.62. The van der Waals surface area contributed by atoms with Gasteiger partial charge in [0.15, 0.2) is 5.78 Å². The molecule has 1 saturated heterocycles. The Labute approximate surface area is 224 Å². The van der Waals surface area contributed by atoms with Crippen LogP contribution in [-0.2, 0) is 9.59 Å². The highest BCUT2D eigenvalue weighted by molar-refractivity contribution is 5.96. The number of allylic oxidation sites excluding steroid dienone is 2. The van der Waals surface area contributed by atoms with Crippen LogP contribution in [0.4, 0.5) is 0 Å². The molecule has 4 aliphatic rings. The molecule has 0 aromatic heterocycles. The first-order valence-corrected chi connectivity index (χ1v) is 15.4. The summed E-state index contributed by atoms with van der Waals surface area (Å²) in [5.74, 6) is 4.74. The van der Waals surface area contributed by atoms with Gasteiger partial charge in [-0.3, -0.25) is 9.59 Å². The lowest BCUT2D eigenvalue weighted by Crippen LogP contribution is -2.56. The Morgan fingerprint density at radius 3 is 2.11 bits per heavy atom. The van der Waals surface area contributed by atoms with Crippen LogP contribution in [0.3, 0.4) is 0 Å². The van der Waals surface area contributed by atoms with Crippen LogP contribution >= 0.6 is 0 Å². The number of fused-ring (bicyclic) bond motifs is 5. The van der Waals surface area contributed by atoms with E-state index in [1.54, 1.807) is 4.90 Å². The molecular weight excluding hydrogens is 442 g/mol. The van der Waals surface area contributed by atoms with E-state index in [0.717, 1.165) is 42.2 Å². The number of hydrogen-bond acceptors (Lipinski definition) is 2. The van der Waals surface area contributed by atoms with Crippen molar-refractivity contribution in [3.8, 4) is 0 Å². The molecule has 36 heavy (non-hydrogen) atoms. The molecule has 0 aromatic rings. The maximum atomic E-state index is 13.5. The van der Waals surface area contributed by atoms with Gasteiger partial charge < -0.3 is 4.90 Å². The smallest absolute Gasteiger partial charge is 0.226 e. The van der Waals surface area contributed by atoms with E-state index in [9.17, 15) is 9.59 Å². The van der Waals surface area contributed by atoms with Crippen LogP contribution < -0.4 is 0 Å². The lowest BCUT2D eigenvalue weighted by Gasteiger charge is -2.58. The first kappa shape index (κ1) is 31.1. The summed E-state index contributed by atoms with van der Waals surface area (Å²) in [6.45, 7) is 22.5. The molecule has 3 heteroatoms. The zero-order chi connectivity index (χ0) is 27.4. The number of carbonyl (C=O) groups is 2. The minimum Gasteiger partial charge on any atom is -0.319 e. The summed E-state index contributed by atoms with van der Waals surface area (Å²) in [7, 11) is 1.87. The Kier molecular flexibility index (Phi) is 10.9. The van der Waals surface area contributed by atoms with Crippen molar-refractivity contribution in [1.82, 2.24) is 4.90 Å². The molecule has 1 amide bonds. The number of likely N-dealkylation sites (tertiary alicyclic amines) is 1. The van der Waals surface area contributed by atoms with Crippen molar-refractivity contribution in [3.63, 3.8) is 0 Å². The molecule has 5 unspecified atom stereocenters. The van der Waals surface area contributed by atoms with Gasteiger partial charge >= 0.3 is 0 Å². The third-order valence-electron chi connectivity index (χ3n) is 10.1. The van der Waals surface area contributed by atoms with Gasteiger partial charge in [-0.15, -0.1) is 0 Å². The lowest BCUT2D eigenvalue weighted by atomic mass is 9.48. The van der Waals surface area contributed by atoms with E-state index in [2.05, 4.69) is 55.4 Å². The maximum Gasteiger partial charge on any atom is 0.226 e. The number of hydrogen-bond donors (Lipinski definition) is 0. The van der Waals surface area contributed by atoms with Crippen molar-refractivity contribution in [2.45, 2.75) is 127 Å². The normalized spacial score (nSPS) is 36.1. The summed E-state index contributed by atoms with van der Waals surface area (Å²) < 4.78 is 0. The van der Waals surface area contributed by atoms with Crippen molar-refractivity contribution >= 4 is 11.7 Å². The van der Waals surface area contributed by atoms with Gasteiger partial charge in [0.1, 0.15) is 0 Å². The summed E-state index contributed by atoms with van der Waals surface area (Å²) in [6, 6.07) is 0.